The van der Waals surface area contributed by atoms with Crippen molar-refractivity contribution >= 4 is 6.03 Å². The Hall–Kier alpha value is -2.63. The van der Waals surface area contributed by atoms with Gasteiger partial charge in [-0.05, 0) is 18.9 Å². The van der Waals surface area contributed by atoms with Gasteiger partial charge in [-0.3, -0.25) is 9.36 Å². The molecule has 0 aliphatic carbocycles. The van der Waals surface area contributed by atoms with Crippen molar-refractivity contribution < 1.29 is 4.79 Å². The lowest BCUT2D eigenvalue weighted by Gasteiger charge is -2.15. The second-order valence-corrected chi connectivity index (χ2v) is 5.77. The normalized spacial score (nSPS) is 13.0. The lowest BCUT2D eigenvalue weighted by Crippen LogP contribution is -2.37. The minimum absolute atomic E-state index is 0.0629. The molecule has 1 aliphatic rings. The molecule has 1 N–H and O–H groups in total. The number of rotatable bonds is 3. The van der Waals surface area contributed by atoms with E-state index in [1.54, 1.807) is 18.9 Å². The molecule has 1 aromatic heterocycles. The molecule has 0 spiro atoms. The highest BCUT2D eigenvalue weighted by Gasteiger charge is 2.27. The second-order valence-electron chi connectivity index (χ2n) is 5.77. The van der Waals surface area contributed by atoms with E-state index in [4.69, 9.17) is 0 Å². The average Bonchev–Trinajstić information content (AvgIpc) is 2.98. The molecule has 3 rings (SSSR count). The predicted octanol–water partition coefficient (Wildman–Crippen LogP) is 1.36. The maximum Gasteiger partial charge on any atom is 0.318 e. The summed E-state index contributed by atoms with van der Waals surface area (Å²) in [6, 6.07) is 9.86. The molecular formula is C17H20N4O2. The summed E-state index contributed by atoms with van der Waals surface area (Å²) >= 11 is 0. The molecule has 2 heterocycles. The third kappa shape index (κ3) is 3.11. The molecule has 0 radical (unpaired) electrons. The summed E-state index contributed by atoms with van der Waals surface area (Å²) in [6.07, 6.45) is 0.784. The smallest absolute Gasteiger partial charge is 0.318 e. The molecule has 0 saturated carbocycles. The van der Waals surface area contributed by atoms with Crippen LogP contribution in [0.2, 0.25) is 0 Å². The standard InChI is InChI=1S/C17H20N4O2/c1-12-19-15-11-21(10-14(15)16(22)20(12)2)17(23)18-9-8-13-6-4-3-5-7-13/h3-7H,8-11H2,1-2H3,(H,18,23). The Bertz CT molecular complexity index is 783. The van der Waals surface area contributed by atoms with E-state index in [1.807, 2.05) is 30.3 Å². The maximum absolute atomic E-state index is 12.3. The highest BCUT2D eigenvalue weighted by molar-refractivity contribution is 5.74. The lowest BCUT2D eigenvalue weighted by molar-refractivity contribution is 0.198. The molecule has 1 aliphatic heterocycles. The van der Waals surface area contributed by atoms with Gasteiger partial charge in [0.15, 0.2) is 0 Å². The van der Waals surface area contributed by atoms with Gasteiger partial charge in [0.1, 0.15) is 5.82 Å². The van der Waals surface area contributed by atoms with Gasteiger partial charge < -0.3 is 10.2 Å². The Kier molecular flexibility index (Phi) is 4.14. The van der Waals surface area contributed by atoms with Crippen LogP contribution < -0.4 is 10.9 Å². The third-order valence-corrected chi connectivity index (χ3v) is 4.20. The van der Waals surface area contributed by atoms with E-state index in [-0.39, 0.29) is 11.6 Å². The first-order valence-electron chi connectivity index (χ1n) is 7.68. The molecular weight excluding hydrogens is 292 g/mol. The lowest BCUT2D eigenvalue weighted by atomic mass is 10.1. The van der Waals surface area contributed by atoms with E-state index >= 15 is 0 Å². The minimum Gasteiger partial charge on any atom is -0.338 e. The van der Waals surface area contributed by atoms with E-state index in [2.05, 4.69) is 10.3 Å². The number of urea groups is 1. The summed E-state index contributed by atoms with van der Waals surface area (Å²) < 4.78 is 1.52. The molecule has 1 aromatic carbocycles. The number of amides is 2. The van der Waals surface area contributed by atoms with Gasteiger partial charge in [0.2, 0.25) is 0 Å². The quantitative estimate of drug-likeness (QED) is 0.930. The van der Waals surface area contributed by atoms with Crippen molar-refractivity contribution in [3.8, 4) is 0 Å². The van der Waals surface area contributed by atoms with Crippen LogP contribution in [0.1, 0.15) is 22.6 Å². The van der Waals surface area contributed by atoms with Gasteiger partial charge in [0.05, 0.1) is 24.3 Å². The first-order chi connectivity index (χ1) is 11.1. The van der Waals surface area contributed by atoms with Gasteiger partial charge in [-0.1, -0.05) is 30.3 Å². The van der Waals surface area contributed by atoms with Gasteiger partial charge in [-0.15, -0.1) is 0 Å². The number of hydrogen-bond acceptors (Lipinski definition) is 3. The van der Waals surface area contributed by atoms with E-state index in [1.165, 1.54) is 10.1 Å². The Balaban J connectivity index is 1.60. The summed E-state index contributed by atoms with van der Waals surface area (Å²) in [6.45, 7) is 3.08. The zero-order valence-corrected chi connectivity index (χ0v) is 13.4. The van der Waals surface area contributed by atoms with Gasteiger partial charge in [-0.25, -0.2) is 9.78 Å². The van der Waals surface area contributed by atoms with Crippen molar-refractivity contribution in [3.63, 3.8) is 0 Å². The van der Waals surface area contributed by atoms with Crippen molar-refractivity contribution in [2.24, 2.45) is 7.05 Å². The fraction of sp³-hybridized carbons (Fsp3) is 0.353. The first kappa shape index (κ1) is 15.3. The molecule has 0 fully saturated rings. The van der Waals surface area contributed by atoms with Crippen molar-refractivity contribution in [1.29, 1.82) is 0 Å². The molecule has 0 unspecified atom stereocenters. The number of nitrogens with one attached hydrogen (secondary N) is 1. The zero-order valence-electron chi connectivity index (χ0n) is 13.4. The van der Waals surface area contributed by atoms with E-state index in [0.717, 1.165) is 6.42 Å². The van der Waals surface area contributed by atoms with Crippen LogP contribution in [0.3, 0.4) is 0 Å². The van der Waals surface area contributed by atoms with Crippen LogP contribution in [-0.4, -0.2) is 27.0 Å². The van der Waals surface area contributed by atoms with Gasteiger partial charge in [0, 0.05) is 13.6 Å². The third-order valence-electron chi connectivity index (χ3n) is 4.20. The fourth-order valence-corrected chi connectivity index (χ4v) is 2.74. The summed E-state index contributed by atoms with van der Waals surface area (Å²) in [5.41, 5.74) is 2.45. The molecule has 6 nitrogen and oxygen atoms in total. The average molecular weight is 312 g/mol. The largest absolute Gasteiger partial charge is 0.338 e. The number of aryl methyl sites for hydroxylation is 1. The molecule has 2 aromatic rings. The molecule has 0 saturated heterocycles. The van der Waals surface area contributed by atoms with E-state index in [9.17, 15) is 9.59 Å². The molecule has 120 valence electrons. The van der Waals surface area contributed by atoms with Crippen LogP contribution in [-0.2, 0) is 26.6 Å². The van der Waals surface area contributed by atoms with Crippen molar-refractivity contribution in [1.82, 2.24) is 19.8 Å². The van der Waals surface area contributed by atoms with Gasteiger partial charge in [-0.2, -0.15) is 0 Å². The van der Waals surface area contributed by atoms with E-state index in [0.29, 0.717) is 36.7 Å². The molecule has 2 amide bonds. The minimum atomic E-state index is -0.154. The number of hydrogen-bond donors (Lipinski definition) is 1. The van der Waals surface area contributed by atoms with E-state index < -0.39 is 0 Å². The fourth-order valence-electron chi connectivity index (χ4n) is 2.74. The summed E-state index contributed by atoms with van der Waals surface area (Å²) in [4.78, 5) is 30.5. The highest BCUT2D eigenvalue weighted by Crippen LogP contribution is 2.17. The van der Waals surface area contributed by atoms with Crippen LogP contribution in [0.15, 0.2) is 35.1 Å². The predicted molar refractivity (Wildman–Crippen MR) is 87.0 cm³/mol. The highest BCUT2D eigenvalue weighted by atomic mass is 16.2. The molecule has 23 heavy (non-hydrogen) atoms. The van der Waals surface area contributed by atoms with Gasteiger partial charge in [0.25, 0.3) is 5.56 Å². The Morgan fingerprint density at radius 3 is 2.74 bits per heavy atom. The molecule has 0 bridgehead atoms. The molecule has 0 atom stereocenters. The van der Waals surface area contributed by atoms with Crippen molar-refractivity contribution in [3.05, 3.63) is 63.3 Å². The van der Waals surface area contributed by atoms with Crippen molar-refractivity contribution in [2.45, 2.75) is 26.4 Å². The topological polar surface area (TPSA) is 67.2 Å². The zero-order chi connectivity index (χ0) is 16.4. The second kappa shape index (κ2) is 6.24. The number of fused-ring (bicyclic) bond motifs is 1. The number of carbonyl (C=O) groups excluding carboxylic acids is 1. The Morgan fingerprint density at radius 1 is 1.26 bits per heavy atom. The Morgan fingerprint density at radius 2 is 2.00 bits per heavy atom. The van der Waals surface area contributed by atoms with Crippen LogP contribution in [0.25, 0.3) is 0 Å². The first-order valence-corrected chi connectivity index (χ1v) is 7.68. The Labute approximate surface area is 134 Å². The summed E-state index contributed by atoms with van der Waals surface area (Å²) in [5, 5.41) is 2.91. The number of benzene rings is 1. The van der Waals surface area contributed by atoms with Gasteiger partial charge >= 0.3 is 6.03 Å². The number of aromatic nitrogens is 2. The summed E-state index contributed by atoms with van der Waals surface area (Å²) in [7, 11) is 1.70. The van der Waals surface area contributed by atoms with Crippen LogP contribution in [0.4, 0.5) is 4.79 Å². The van der Waals surface area contributed by atoms with Crippen LogP contribution >= 0.6 is 0 Å². The molecule has 6 heteroatoms. The number of nitrogens with zero attached hydrogens (tertiary/aromatic N) is 3. The summed E-state index contributed by atoms with van der Waals surface area (Å²) in [5.74, 6) is 0.667. The SMILES string of the molecule is Cc1nc2c(c(=O)n1C)CN(C(=O)NCCc1ccccc1)C2. The maximum atomic E-state index is 12.3. The van der Waals surface area contributed by atoms with Crippen LogP contribution in [0, 0.1) is 6.92 Å². The number of carbonyl (C=O) groups is 1. The van der Waals surface area contributed by atoms with Crippen molar-refractivity contribution in [2.75, 3.05) is 6.54 Å². The monoisotopic (exact) mass is 312 g/mol. The van der Waals surface area contributed by atoms with Crippen LogP contribution in [0.5, 0.6) is 0 Å².